The van der Waals surface area contributed by atoms with Gasteiger partial charge in [-0.05, 0) is 25.5 Å². The fourth-order valence-corrected chi connectivity index (χ4v) is 1.71. The number of nitrogens with one attached hydrogen (secondary N) is 1. The summed E-state index contributed by atoms with van der Waals surface area (Å²) in [7, 11) is 2.14. The average Bonchev–Trinajstić information content (AvgIpc) is 2.25. The number of aryl methyl sites for hydroxylation is 1. The summed E-state index contributed by atoms with van der Waals surface area (Å²) in [5.41, 5.74) is 4.05. The Morgan fingerprint density at radius 1 is 1.31 bits per heavy atom. The molecule has 0 saturated carbocycles. The Kier molecular flexibility index (Phi) is 4.81. The van der Waals surface area contributed by atoms with Gasteiger partial charge >= 0.3 is 0 Å². The van der Waals surface area contributed by atoms with Crippen LogP contribution in [0.15, 0.2) is 18.2 Å². The summed E-state index contributed by atoms with van der Waals surface area (Å²) < 4.78 is 0. The lowest BCUT2D eigenvalue weighted by Crippen LogP contribution is -2.24. The molecule has 0 spiro atoms. The zero-order chi connectivity index (χ0) is 12.1. The van der Waals surface area contributed by atoms with Gasteiger partial charge < -0.3 is 10.2 Å². The van der Waals surface area contributed by atoms with Crippen molar-refractivity contribution in [2.45, 2.75) is 40.3 Å². The molecule has 90 valence electrons. The molecule has 0 saturated heterocycles. The van der Waals surface area contributed by atoms with Gasteiger partial charge in [0.05, 0.1) is 0 Å². The third-order valence-electron chi connectivity index (χ3n) is 2.82. The van der Waals surface area contributed by atoms with Crippen LogP contribution >= 0.6 is 0 Å². The lowest BCUT2D eigenvalue weighted by Gasteiger charge is -2.22. The van der Waals surface area contributed by atoms with E-state index in [1.165, 1.54) is 16.8 Å². The van der Waals surface area contributed by atoms with Crippen molar-refractivity contribution in [1.82, 2.24) is 5.32 Å². The van der Waals surface area contributed by atoms with Crippen LogP contribution in [-0.4, -0.2) is 19.6 Å². The van der Waals surface area contributed by atoms with Gasteiger partial charge in [0.25, 0.3) is 0 Å². The highest BCUT2D eigenvalue weighted by atomic mass is 15.1. The second-order valence-corrected chi connectivity index (χ2v) is 4.68. The largest absolute Gasteiger partial charge is 0.375 e. The molecule has 1 aromatic rings. The highest BCUT2D eigenvalue weighted by molar-refractivity contribution is 5.54. The van der Waals surface area contributed by atoms with E-state index in [2.05, 4.69) is 63.2 Å². The third-order valence-corrected chi connectivity index (χ3v) is 2.82. The fraction of sp³-hybridized carbons (Fsp3) is 0.571. The molecule has 0 unspecified atom stereocenters. The first-order valence-electron chi connectivity index (χ1n) is 6.08. The topological polar surface area (TPSA) is 15.3 Å². The van der Waals surface area contributed by atoms with Gasteiger partial charge in [-0.25, -0.2) is 0 Å². The number of hydrogen-bond donors (Lipinski definition) is 1. The summed E-state index contributed by atoms with van der Waals surface area (Å²) >= 11 is 0. The van der Waals surface area contributed by atoms with Crippen molar-refractivity contribution in [2.75, 3.05) is 18.5 Å². The molecule has 0 radical (unpaired) electrons. The van der Waals surface area contributed by atoms with Crippen LogP contribution in [0.3, 0.4) is 0 Å². The summed E-state index contributed by atoms with van der Waals surface area (Å²) in [6.07, 6.45) is 0. The van der Waals surface area contributed by atoms with Crippen molar-refractivity contribution in [3.05, 3.63) is 29.3 Å². The second kappa shape index (κ2) is 5.90. The van der Waals surface area contributed by atoms with E-state index in [1.807, 2.05) is 0 Å². The zero-order valence-electron chi connectivity index (χ0n) is 11.2. The first-order chi connectivity index (χ1) is 7.54. The first-order valence-corrected chi connectivity index (χ1v) is 6.08. The fourth-order valence-electron chi connectivity index (χ4n) is 1.71. The number of benzene rings is 1. The lowest BCUT2D eigenvalue weighted by molar-refractivity contribution is 0.588. The number of hydrogen-bond acceptors (Lipinski definition) is 2. The molecule has 2 nitrogen and oxygen atoms in total. The summed E-state index contributed by atoms with van der Waals surface area (Å²) in [4.78, 5) is 2.29. The van der Waals surface area contributed by atoms with Crippen LogP contribution in [0.2, 0.25) is 0 Å². The van der Waals surface area contributed by atoms with Gasteiger partial charge in [-0.2, -0.15) is 0 Å². The molecule has 1 rings (SSSR count). The Balaban J connectivity index is 2.89. The molecule has 0 amide bonds. The molecular formula is C14H24N2. The molecule has 1 aromatic carbocycles. The highest BCUT2D eigenvalue weighted by Crippen LogP contribution is 2.20. The quantitative estimate of drug-likeness (QED) is 0.820. The molecule has 1 N–H and O–H groups in total. The maximum Gasteiger partial charge on any atom is 0.0409 e. The van der Waals surface area contributed by atoms with E-state index < -0.39 is 0 Å². The van der Waals surface area contributed by atoms with E-state index in [-0.39, 0.29) is 0 Å². The monoisotopic (exact) mass is 220 g/mol. The Bertz CT molecular complexity index is 332. The first kappa shape index (κ1) is 13.0. The van der Waals surface area contributed by atoms with Crippen molar-refractivity contribution >= 4 is 5.69 Å². The molecule has 0 aliphatic carbocycles. The van der Waals surface area contributed by atoms with Gasteiger partial charge in [0.2, 0.25) is 0 Å². The average molecular weight is 220 g/mol. The zero-order valence-corrected chi connectivity index (χ0v) is 11.2. The van der Waals surface area contributed by atoms with E-state index in [9.17, 15) is 0 Å². The van der Waals surface area contributed by atoms with Crippen molar-refractivity contribution in [3.63, 3.8) is 0 Å². The van der Waals surface area contributed by atoms with Crippen LogP contribution in [0.4, 0.5) is 5.69 Å². The van der Waals surface area contributed by atoms with Crippen LogP contribution in [0.5, 0.6) is 0 Å². The molecule has 0 bridgehead atoms. The number of rotatable bonds is 5. The van der Waals surface area contributed by atoms with E-state index in [4.69, 9.17) is 0 Å². The Hall–Kier alpha value is -1.02. The molecule has 0 aromatic heterocycles. The SMILES string of the molecule is CCN(C)c1ccc(C)cc1CNC(C)C. The Morgan fingerprint density at radius 2 is 2.00 bits per heavy atom. The van der Waals surface area contributed by atoms with E-state index >= 15 is 0 Å². The van der Waals surface area contributed by atoms with Gasteiger partial charge in [0.1, 0.15) is 0 Å². The Labute approximate surface area is 99.7 Å². The Morgan fingerprint density at radius 3 is 2.56 bits per heavy atom. The predicted octanol–water partition coefficient (Wildman–Crippen LogP) is 2.95. The van der Waals surface area contributed by atoms with Crippen molar-refractivity contribution < 1.29 is 0 Å². The van der Waals surface area contributed by atoms with E-state index in [0.29, 0.717) is 6.04 Å². The molecule has 0 aliphatic heterocycles. The highest BCUT2D eigenvalue weighted by Gasteiger charge is 2.06. The van der Waals surface area contributed by atoms with E-state index in [0.717, 1.165) is 13.1 Å². The summed E-state index contributed by atoms with van der Waals surface area (Å²) in [5.74, 6) is 0. The molecule has 2 heteroatoms. The molecule has 16 heavy (non-hydrogen) atoms. The maximum absolute atomic E-state index is 3.48. The second-order valence-electron chi connectivity index (χ2n) is 4.68. The van der Waals surface area contributed by atoms with Crippen LogP contribution in [-0.2, 0) is 6.54 Å². The minimum Gasteiger partial charge on any atom is -0.375 e. The number of anilines is 1. The maximum atomic E-state index is 3.48. The molecule has 0 atom stereocenters. The normalized spacial score (nSPS) is 10.9. The van der Waals surface area contributed by atoms with Gasteiger partial charge in [0.15, 0.2) is 0 Å². The van der Waals surface area contributed by atoms with Crippen LogP contribution in [0.25, 0.3) is 0 Å². The van der Waals surface area contributed by atoms with Gasteiger partial charge in [-0.3, -0.25) is 0 Å². The molecule has 0 heterocycles. The van der Waals surface area contributed by atoms with E-state index in [1.54, 1.807) is 0 Å². The molecule has 0 fully saturated rings. The van der Waals surface area contributed by atoms with Crippen molar-refractivity contribution in [2.24, 2.45) is 0 Å². The van der Waals surface area contributed by atoms with Crippen molar-refractivity contribution in [1.29, 1.82) is 0 Å². The van der Waals surface area contributed by atoms with Crippen LogP contribution in [0.1, 0.15) is 31.9 Å². The molecule has 0 aliphatic rings. The van der Waals surface area contributed by atoms with Gasteiger partial charge in [0, 0.05) is 31.9 Å². The minimum atomic E-state index is 0.528. The van der Waals surface area contributed by atoms with Crippen molar-refractivity contribution in [3.8, 4) is 0 Å². The van der Waals surface area contributed by atoms with Crippen LogP contribution in [0, 0.1) is 6.92 Å². The standard InChI is InChI=1S/C14H24N2/c1-6-16(5)14-8-7-12(4)9-13(14)10-15-11(2)3/h7-9,11,15H,6,10H2,1-5H3. The number of nitrogens with zero attached hydrogens (tertiary/aromatic N) is 1. The smallest absolute Gasteiger partial charge is 0.0409 e. The van der Waals surface area contributed by atoms with Gasteiger partial charge in [-0.1, -0.05) is 31.5 Å². The third kappa shape index (κ3) is 3.53. The molecular weight excluding hydrogens is 196 g/mol. The summed E-state index contributed by atoms with van der Waals surface area (Å²) in [6, 6.07) is 7.20. The predicted molar refractivity (Wildman–Crippen MR) is 72.1 cm³/mol. The summed E-state index contributed by atoms with van der Waals surface area (Å²) in [6.45, 7) is 10.7. The summed E-state index contributed by atoms with van der Waals surface area (Å²) in [5, 5.41) is 3.48. The van der Waals surface area contributed by atoms with Gasteiger partial charge in [-0.15, -0.1) is 0 Å². The lowest BCUT2D eigenvalue weighted by atomic mass is 10.1. The van der Waals surface area contributed by atoms with Crippen LogP contribution < -0.4 is 10.2 Å². The minimum absolute atomic E-state index is 0.528.